The van der Waals surface area contributed by atoms with Crippen LogP contribution >= 0.6 is 12.4 Å². The van der Waals surface area contributed by atoms with E-state index in [1.807, 2.05) is 72.4 Å². The lowest BCUT2D eigenvalue weighted by Crippen LogP contribution is -2.50. The highest BCUT2D eigenvalue weighted by atomic mass is 35.5. The molecule has 0 saturated heterocycles. The first kappa shape index (κ1) is 23.4. The SMILES string of the molecule is CCOC(=O)[C@@H](Cc1cn(C)c2ccccc12)NC(=O)[C@@H](N)Cc1ccccc1.Cl. The third kappa shape index (κ3) is 5.62. The van der Waals surface area contributed by atoms with Gasteiger partial charge in [-0.05, 0) is 30.5 Å². The minimum absolute atomic E-state index is 0. The summed E-state index contributed by atoms with van der Waals surface area (Å²) < 4.78 is 7.20. The molecular weight excluding hydrogens is 402 g/mol. The third-order valence-electron chi connectivity index (χ3n) is 4.93. The quantitative estimate of drug-likeness (QED) is 0.539. The molecule has 0 fully saturated rings. The number of hydrogen-bond acceptors (Lipinski definition) is 4. The van der Waals surface area contributed by atoms with Gasteiger partial charge in [0.05, 0.1) is 12.6 Å². The normalized spacial score (nSPS) is 12.6. The van der Waals surface area contributed by atoms with E-state index in [1.54, 1.807) is 6.92 Å². The predicted molar refractivity (Wildman–Crippen MR) is 121 cm³/mol. The number of fused-ring (bicyclic) bond motifs is 1. The van der Waals surface area contributed by atoms with Crippen molar-refractivity contribution >= 4 is 35.2 Å². The standard InChI is InChI=1S/C23H27N3O3.ClH/c1-3-29-23(28)20(14-17-15-26(2)21-12-8-7-11-18(17)21)25-22(27)19(24)13-16-9-5-4-6-10-16;/h4-12,15,19-20H,3,13-14,24H2,1-2H3,(H,25,27);1H/t19-,20+;/m0./s1. The zero-order valence-corrected chi connectivity index (χ0v) is 18.0. The van der Waals surface area contributed by atoms with Crippen LogP contribution in [-0.2, 0) is 34.2 Å². The fourth-order valence-corrected chi connectivity index (χ4v) is 3.48. The molecule has 0 saturated carbocycles. The Morgan fingerprint density at radius 2 is 1.73 bits per heavy atom. The molecule has 6 nitrogen and oxygen atoms in total. The summed E-state index contributed by atoms with van der Waals surface area (Å²) in [4.78, 5) is 25.2. The summed E-state index contributed by atoms with van der Waals surface area (Å²) in [6.07, 6.45) is 2.72. The minimum atomic E-state index is -0.796. The molecule has 2 atom stereocenters. The Balaban J connectivity index is 0.00000320. The number of aryl methyl sites for hydroxylation is 1. The van der Waals surface area contributed by atoms with Crippen molar-refractivity contribution in [3.8, 4) is 0 Å². The number of carbonyl (C=O) groups is 2. The molecule has 0 unspecified atom stereocenters. The molecule has 160 valence electrons. The van der Waals surface area contributed by atoms with Gasteiger partial charge in [-0.25, -0.2) is 4.79 Å². The number of nitrogens with two attached hydrogens (primary N) is 1. The van der Waals surface area contributed by atoms with E-state index in [4.69, 9.17) is 10.5 Å². The average Bonchev–Trinajstić information content (AvgIpc) is 3.04. The van der Waals surface area contributed by atoms with Crippen LogP contribution in [0.1, 0.15) is 18.1 Å². The summed E-state index contributed by atoms with van der Waals surface area (Å²) in [6, 6.07) is 16.0. The highest BCUT2D eigenvalue weighted by Crippen LogP contribution is 2.22. The van der Waals surface area contributed by atoms with Crippen molar-refractivity contribution in [1.29, 1.82) is 0 Å². The van der Waals surface area contributed by atoms with Crippen LogP contribution in [-0.4, -0.2) is 35.1 Å². The van der Waals surface area contributed by atoms with Gasteiger partial charge in [0.1, 0.15) is 6.04 Å². The third-order valence-corrected chi connectivity index (χ3v) is 4.93. The molecule has 7 heteroatoms. The summed E-state index contributed by atoms with van der Waals surface area (Å²) in [5.74, 6) is -0.826. The van der Waals surface area contributed by atoms with Crippen LogP contribution < -0.4 is 11.1 Å². The maximum absolute atomic E-state index is 12.7. The number of esters is 1. The smallest absolute Gasteiger partial charge is 0.328 e. The molecular formula is C23H28ClN3O3. The van der Waals surface area contributed by atoms with Gasteiger partial charge in [-0.2, -0.15) is 0 Å². The first-order valence-electron chi connectivity index (χ1n) is 9.79. The molecule has 0 aliphatic heterocycles. The first-order chi connectivity index (χ1) is 14.0. The number of para-hydroxylation sites is 1. The van der Waals surface area contributed by atoms with Crippen LogP contribution in [0.5, 0.6) is 0 Å². The molecule has 1 amide bonds. The van der Waals surface area contributed by atoms with Crippen molar-refractivity contribution in [1.82, 2.24) is 9.88 Å². The Bertz CT molecular complexity index is 988. The number of rotatable bonds is 8. The second-order valence-corrected chi connectivity index (χ2v) is 7.10. The number of carbonyl (C=O) groups excluding carboxylic acids is 2. The first-order valence-corrected chi connectivity index (χ1v) is 9.79. The molecule has 0 bridgehead atoms. The van der Waals surface area contributed by atoms with E-state index in [2.05, 4.69) is 5.32 Å². The van der Waals surface area contributed by atoms with E-state index in [-0.39, 0.29) is 24.9 Å². The molecule has 3 N–H and O–H groups in total. The molecule has 3 rings (SSSR count). The zero-order valence-electron chi connectivity index (χ0n) is 17.2. The fourth-order valence-electron chi connectivity index (χ4n) is 3.48. The molecule has 0 aliphatic carbocycles. The molecule has 0 spiro atoms. The van der Waals surface area contributed by atoms with Crippen molar-refractivity contribution in [3.63, 3.8) is 0 Å². The van der Waals surface area contributed by atoms with Crippen molar-refractivity contribution in [3.05, 3.63) is 71.9 Å². The predicted octanol–water partition coefficient (Wildman–Crippen LogP) is 2.76. The Morgan fingerprint density at radius 3 is 2.43 bits per heavy atom. The van der Waals surface area contributed by atoms with E-state index < -0.39 is 18.1 Å². The van der Waals surface area contributed by atoms with Crippen LogP contribution in [0.25, 0.3) is 10.9 Å². The van der Waals surface area contributed by atoms with Gasteiger partial charge < -0.3 is 20.4 Å². The van der Waals surface area contributed by atoms with Gasteiger partial charge in [0.2, 0.25) is 5.91 Å². The van der Waals surface area contributed by atoms with Crippen LogP contribution in [0, 0.1) is 0 Å². The Hall–Kier alpha value is -2.83. The minimum Gasteiger partial charge on any atom is -0.464 e. The van der Waals surface area contributed by atoms with Gasteiger partial charge in [0.15, 0.2) is 0 Å². The number of halogens is 1. The molecule has 1 aromatic heterocycles. The van der Waals surface area contributed by atoms with Crippen molar-refractivity contribution < 1.29 is 14.3 Å². The Morgan fingerprint density at radius 1 is 1.07 bits per heavy atom. The molecule has 1 heterocycles. The van der Waals surface area contributed by atoms with E-state index in [9.17, 15) is 9.59 Å². The zero-order chi connectivity index (χ0) is 20.8. The maximum atomic E-state index is 12.7. The molecule has 0 radical (unpaired) electrons. The molecule has 2 aromatic carbocycles. The van der Waals surface area contributed by atoms with Gasteiger partial charge in [-0.15, -0.1) is 12.4 Å². The molecule has 3 aromatic rings. The lowest BCUT2D eigenvalue weighted by Gasteiger charge is -2.20. The van der Waals surface area contributed by atoms with Gasteiger partial charge in [-0.1, -0.05) is 48.5 Å². The van der Waals surface area contributed by atoms with Gasteiger partial charge in [0, 0.05) is 30.6 Å². The summed E-state index contributed by atoms with van der Waals surface area (Å²) in [6.45, 7) is 1.99. The monoisotopic (exact) mass is 429 g/mol. The van der Waals surface area contributed by atoms with Crippen molar-refractivity contribution in [2.45, 2.75) is 31.8 Å². The lowest BCUT2D eigenvalue weighted by molar-refractivity contribution is -0.147. The second kappa shape index (κ2) is 10.8. The average molecular weight is 430 g/mol. The number of ether oxygens (including phenoxy) is 1. The number of hydrogen-bond donors (Lipinski definition) is 2. The van der Waals surface area contributed by atoms with Crippen LogP contribution in [0.4, 0.5) is 0 Å². The van der Waals surface area contributed by atoms with Crippen LogP contribution in [0.2, 0.25) is 0 Å². The topological polar surface area (TPSA) is 86.3 Å². The van der Waals surface area contributed by atoms with Crippen molar-refractivity contribution in [2.75, 3.05) is 6.61 Å². The Kier molecular flexibility index (Phi) is 8.45. The summed E-state index contributed by atoms with van der Waals surface area (Å²) in [5, 5.41) is 3.84. The highest BCUT2D eigenvalue weighted by molar-refractivity contribution is 5.89. The number of amides is 1. The van der Waals surface area contributed by atoms with E-state index in [0.29, 0.717) is 12.8 Å². The molecule has 0 aliphatic rings. The maximum Gasteiger partial charge on any atom is 0.328 e. The van der Waals surface area contributed by atoms with Crippen LogP contribution in [0.15, 0.2) is 60.8 Å². The number of benzene rings is 2. The van der Waals surface area contributed by atoms with Gasteiger partial charge >= 0.3 is 5.97 Å². The van der Waals surface area contributed by atoms with E-state index in [0.717, 1.165) is 22.0 Å². The fraction of sp³-hybridized carbons (Fsp3) is 0.304. The summed E-state index contributed by atoms with van der Waals surface area (Å²) in [5.41, 5.74) is 9.10. The van der Waals surface area contributed by atoms with Crippen LogP contribution in [0.3, 0.4) is 0 Å². The summed E-state index contributed by atoms with van der Waals surface area (Å²) in [7, 11) is 1.96. The van der Waals surface area contributed by atoms with Gasteiger partial charge in [-0.3, -0.25) is 4.79 Å². The van der Waals surface area contributed by atoms with Gasteiger partial charge in [0.25, 0.3) is 0 Å². The van der Waals surface area contributed by atoms with E-state index >= 15 is 0 Å². The highest BCUT2D eigenvalue weighted by Gasteiger charge is 2.26. The summed E-state index contributed by atoms with van der Waals surface area (Å²) >= 11 is 0. The lowest BCUT2D eigenvalue weighted by atomic mass is 10.0. The second-order valence-electron chi connectivity index (χ2n) is 7.10. The number of aromatic nitrogens is 1. The number of nitrogens with zero attached hydrogens (tertiary/aromatic N) is 1. The Labute approximate surface area is 182 Å². The van der Waals surface area contributed by atoms with E-state index in [1.165, 1.54) is 0 Å². The number of nitrogens with one attached hydrogen (secondary N) is 1. The van der Waals surface area contributed by atoms with Crippen molar-refractivity contribution in [2.24, 2.45) is 12.8 Å². The largest absolute Gasteiger partial charge is 0.464 e. The molecule has 30 heavy (non-hydrogen) atoms.